The van der Waals surface area contributed by atoms with Crippen LogP contribution in [0.1, 0.15) is 18.7 Å². The van der Waals surface area contributed by atoms with E-state index in [0.29, 0.717) is 12.3 Å². The summed E-state index contributed by atoms with van der Waals surface area (Å²) in [7, 11) is 1.57. The monoisotopic (exact) mass is 180 g/mol. The molecule has 0 bridgehead atoms. The van der Waals surface area contributed by atoms with E-state index in [0.717, 1.165) is 25.0 Å². The maximum absolute atomic E-state index is 10.1. The van der Waals surface area contributed by atoms with Gasteiger partial charge >= 0.3 is 0 Å². The highest BCUT2D eigenvalue weighted by atomic mass is 16.5. The van der Waals surface area contributed by atoms with Crippen molar-refractivity contribution in [3.63, 3.8) is 0 Å². The van der Waals surface area contributed by atoms with Gasteiger partial charge in [0.25, 0.3) is 0 Å². The van der Waals surface area contributed by atoms with Gasteiger partial charge in [-0.2, -0.15) is 4.98 Å². The first-order valence-corrected chi connectivity index (χ1v) is 4.16. The molecule has 0 aromatic carbocycles. The van der Waals surface area contributed by atoms with Crippen molar-refractivity contribution >= 4 is 6.29 Å². The molecule has 70 valence electrons. The second-order valence-electron chi connectivity index (χ2n) is 2.57. The van der Waals surface area contributed by atoms with E-state index in [2.05, 4.69) is 9.97 Å². The third-order valence-electron chi connectivity index (χ3n) is 1.61. The van der Waals surface area contributed by atoms with Crippen LogP contribution in [-0.4, -0.2) is 23.4 Å². The number of rotatable bonds is 5. The Morgan fingerprint density at radius 2 is 2.46 bits per heavy atom. The Morgan fingerprint density at radius 3 is 3.15 bits per heavy atom. The lowest BCUT2D eigenvalue weighted by molar-refractivity contribution is -0.107. The van der Waals surface area contributed by atoms with E-state index in [1.165, 1.54) is 0 Å². The lowest BCUT2D eigenvalue weighted by Gasteiger charge is -2.00. The fourth-order valence-electron chi connectivity index (χ4n) is 0.958. The van der Waals surface area contributed by atoms with Crippen molar-refractivity contribution in [2.45, 2.75) is 19.3 Å². The van der Waals surface area contributed by atoms with E-state index >= 15 is 0 Å². The molecular weight excluding hydrogens is 168 g/mol. The lowest BCUT2D eigenvalue weighted by Crippen LogP contribution is -1.97. The van der Waals surface area contributed by atoms with Gasteiger partial charge in [-0.05, 0) is 6.42 Å². The van der Waals surface area contributed by atoms with Gasteiger partial charge in [0.1, 0.15) is 12.1 Å². The summed E-state index contributed by atoms with van der Waals surface area (Å²) in [4.78, 5) is 18.2. The quantitative estimate of drug-likeness (QED) is 0.501. The molecule has 0 atom stereocenters. The number of methoxy groups -OCH3 is 1. The molecule has 1 aromatic heterocycles. The van der Waals surface area contributed by atoms with Crippen molar-refractivity contribution in [2.24, 2.45) is 0 Å². The van der Waals surface area contributed by atoms with Crippen molar-refractivity contribution in [1.82, 2.24) is 9.97 Å². The summed E-state index contributed by atoms with van der Waals surface area (Å²) in [6.45, 7) is 0. The van der Waals surface area contributed by atoms with Crippen molar-refractivity contribution in [1.29, 1.82) is 0 Å². The van der Waals surface area contributed by atoms with Crippen LogP contribution >= 0.6 is 0 Å². The molecule has 0 spiro atoms. The SMILES string of the molecule is COc1ccnc(CCCC=O)n1. The van der Waals surface area contributed by atoms with Gasteiger partial charge < -0.3 is 9.53 Å². The van der Waals surface area contributed by atoms with Gasteiger partial charge in [0.15, 0.2) is 0 Å². The highest BCUT2D eigenvalue weighted by molar-refractivity contribution is 5.49. The maximum atomic E-state index is 10.1. The molecule has 0 aliphatic carbocycles. The first-order valence-electron chi connectivity index (χ1n) is 4.16. The Labute approximate surface area is 77.0 Å². The zero-order chi connectivity index (χ0) is 9.52. The molecule has 1 aromatic rings. The molecule has 4 nitrogen and oxygen atoms in total. The highest BCUT2D eigenvalue weighted by Gasteiger charge is 1.98. The van der Waals surface area contributed by atoms with Crippen molar-refractivity contribution in [3.8, 4) is 5.88 Å². The van der Waals surface area contributed by atoms with Crippen LogP contribution in [0.3, 0.4) is 0 Å². The minimum absolute atomic E-state index is 0.556. The van der Waals surface area contributed by atoms with Crippen molar-refractivity contribution < 1.29 is 9.53 Å². The van der Waals surface area contributed by atoms with Crippen molar-refractivity contribution in [2.75, 3.05) is 7.11 Å². The van der Waals surface area contributed by atoms with Crippen molar-refractivity contribution in [3.05, 3.63) is 18.1 Å². The van der Waals surface area contributed by atoms with Crippen LogP contribution in [0.2, 0.25) is 0 Å². The Balaban J connectivity index is 2.50. The number of nitrogens with zero attached hydrogens (tertiary/aromatic N) is 2. The molecule has 0 aliphatic rings. The molecule has 0 N–H and O–H groups in total. The molecule has 1 heterocycles. The third-order valence-corrected chi connectivity index (χ3v) is 1.61. The average molecular weight is 180 g/mol. The molecule has 0 radical (unpaired) electrons. The molecule has 0 saturated heterocycles. The number of aryl methyl sites for hydroxylation is 1. The van der Waals surface area contributed by atoms with Crippen LogP contribution in [0.4, 0.5) is 0 Å². The number of ether oxygens (including phenoxy) is 1. The molecule has 0 saturated carbocycles. The molecule has 0 amide bonds. The predicted octanol–water partition coefficient (Wildman–Crippen LogP) is 1.01. The Hall–Kier alpha value is -1.45. The Bertz CT molecular complexity index is 276. The second kappa shape index (κ2) is 5.24. The molecule has 13 heavy (non-hydrogen) atoms. The highest BCUT2D eigenvalue weighted by Crippen LogP contribution is 2.05. The number of carbonyl (C=O) groups is 1. The summed E-state index contributed by atoms with van der Waals surface area (Å²) in [5, 5.41) is 0. The summed E-state index contributed by atoms with van der Waals surface area (Å²) in [6, 6.07) is 1.70. The van der Waals surface area contributed by atoms with E-state index in [1.807, 2.05) is 0 Å². The average Bonchev–Trinajstić information content (AvgIpc) is 2.19. The van der Waals surface area contributed by atoms with Crippen LogP contribution in [0.5, 0.6) is 5.88 Å². The van der Waals surface area contributed by atoms with Crippen LogP contribution in [0, 0.1) is 0 Å². The Kier molecular flexibility index (Phi) is 3.88. The molecule has 1 rings (SSSR count). The third kappa shape index (κ3) is 3.19. The van der Waals surface area contributed by atoms with Gasteiger partial charge in [-0.1, -0.05) is 0 Å². The smallest absolute Gasteiger partial charge is 0.216 e. The van der Waals surface area contributed by atoms with Gasteiger partial charge in [0.05, 0.1) is 7.11 Å². The zero-order valence-electron chi connectivity index (χ0n) is 7.56. The summed E-state index contributed by atoms with van der Waals surface area (Å²) in [6.07, 6.45) is 4.62. The normalized spacial score (nSPS) is 9.62. The number of aromatic nitrogens is 2. The summed E-state index contributed by atoms with van der Waals surface area (Å²) in [5.41, 5.74) is 0. The van der Waals surface area contributed by atoms with Crippen LogP contribution in [0.15, 0.2) is 12.3 Å². The van der Waals surface area contributed by atoms with E-state index in [4.69, 9.17) is 4.74 Å². The zero-order valence-corrected chi connectivity index (χ0v) is 7.56. The van der Waals surface area contributed by atoms with Crippen LogP contribution < -0.4 is 4.74 Å². The van der Waals surface area contributed by atoms with E-state index in [-0.39, 0.29) is 0 Å². The minimum atomic E-state index is 0.556. The number of carbonyl (C=O) groups excluding carboxylic acids is 1. The van der Waals surface area contributed by atoms with E-state index in [9.17, 15) is 4.79 Å². The first-order chi connectivity index (χ1) is 6.36. The molecule has 4 heteroatoms. The minimum Gasteiger partial charge on any atom is -0.481 e. The van der Waals surface area contributed by atoms with Crippen LogP contribution in [0.25, 0.3) is 0 Å². The summed E-state index contributed by atoms with van der Waals surface area (Å²) >= 11 is 0. The fourth-order valence-corrected chi connectivity index (χ4v) is 0.958. The number of hydrogen-bond donors (Lipinski definition) is 0. The largest absolute Gasteiger partial charge is 0.481 e. The Morgan fingerprint density at radius 1 is 1.62 bits per heavy atom. The maximum Gasteiger partial charge on any atom is 0.216 e. The van der Waals surface area contributed by atoms with E-state index < -0.39 is 0 Å². The molecule has 0 fully saturated rings. The second-order valence-corrected chi connectivity index (χ2v) is 2.57. The standard InChI is InChI=1S/C9H12N2O2/c1-13-9-5-6-10-8(11-9)4-2-3-7-12/h5-7H,2-4H2,1H3. The van der Waals surface area contributed by atoms with Crippen LogP contribution in [-0.2, 0) is 11.2 Å². The summed E-state index contributed by atoms with van der Waals surface area (Å²) in [5.74, 6) is 1.29. The predicted molar refractivity (Wildman–Crippen MR) is 47.6 cm³/mol. The lowest BCUT2D eigenvalue weighted by atomic mass is 10.2. The van der Waals surface area contributed by atoms with Gasteiger partial charge in [0, 0.05) is 25.1 Å². The fraction of sp³-hybridized carbons (Fsp3) is 0.444. The molecule has 0 unspecified atom stereocenters. The number of unbranched alkanes of at least 4 members (excludes halogenated alkanes) is 1. The van der Waals surface area contributed by atoms with Gasteiger partial charge in [0.2, 0.25) is 5.88 Å². The molecule has 0 aliphatic heterocycles. The number of hydrogen-bond acceptors (Lipinski definition) is 4. The summed E-state index contributed by atoms with van der Waals surface area (Å²) < 4.78 is 4.94. The van der Waals surface area contributed by atoms with Gasteiger partial charge in [-0.3, -0.25) is 0 Å². The van der Waals surface area contributed by atoms with Gasteiger partial charge in [-0.15, -0.1) is 0 Å². The first kappa shape index (κ1) is 9.64. The van der Waals surface area contributed by atoms with E-state index in [1.54, 1.807) is 19.4 Å². The molecular formula is C9H12N2O2. The number of aldehydes is 1. The van der Waals surface area contributed by atoms with Gasteiger partial charge in [-0.25, -0.2) is 4.98 Å². The topological polar surface area (TPSA) is 52.1 Å².